The van der Waals surface area contributed by atoms with Crippen molar-refractivity contribution in [2.45, 2.75) is 86.5 Å². The highest BCUT2D eigenvalue weighted by molar-refractivity contribution is 5.86. The summed E-state index contributed by atoms with van der Waals surface area (Å²) in [7, 11) is 0. The molecule has 170 valence electrons. The summed E-state index contributed by atoms with van der Waals surface area (Å²) in [5, 5.41) is 10.7. The van der Waals surface area contributed by atoms with Crippen molar-refractivity contribution in [2.75, 3.05) is 0 Å². The molecule has 3 rings (SSSR count). The van der Waals surface area contributed by atoms with Gasteiger partial charge in [-0.05, 0) is 83.5 Å². The smallest absolute Gasteiger partial charge is 0.342 e. The van der Waals surface area contributed by atoms with Crippen LogP contribution in [0.25, 0.3) is 0 Å². The summed E-state index contributed by atoms with van der Waals surface area (Å²) in [5.41, 5.74) is 2.40. The van der Waals surface area contributed by atoms with Crippen molar-refractivity contribution in [2.24, 2.45) is 22.7 Å². The molecule has 0 aromatic carbocycles. The van der Waals surface area contributed by atoms with Gasteiger partial charge in [0, 0.05) is 17.4 Å². The van der Waals surface area contributed by atoms with Gasteiger partial charge in [-0.2, -0.15) is 0 Å². The van der Waals surface area contributed by atoms with Gasteiger partial charge >= 0.3 is 5.63 Å². The molecular formula is C27H38O4. The van der Waals surface area contributed by atoms with Crippen molar-refractivity contribution in [1.29, 1.82) is 0 Å². The predicted molar refractivity (Wildman–Crippen MR) is 124 cm³/mol. The fraction of sp³-hybridized carbons (Fsp3) is 0.630. The monoisotopic (exact) mass is 426 g/mol. The van der Waals surface area contributed by atoms with Gasteiger partial charge < -0.3 is 9.52 Å². The quantitative estimate of drug-likeness (QED) is 0.568. The second-order valence-corrected chi connectivity index (χ2v) is 10.6. The summed E-state index contributed by atoms with van der Waals surface area (Å²) in [4.78, 5) is 25.8. The molecule has 0 radical (unpaired) electrons. The highest BCUT2D eigenvalue weighted by atomic mass is 16.4. The lowest BCUT2D eigenvalue weighted by Gasteiger charge is -2.58. The van der Waals surface area contributed by atoms with E-state index in [0.29, 0.717) is 35.5 Å². The molecule has 0 unspecified atom stereocenters. The van der Waals surface area contributed by atoms with Gasteiger partial charge in [0.15, 0.2) is 0 Å². The van der Waals surface area contributed by atoms with E-state index < -0.39 is 5.63 Å². The summed E-state index contributed by atoms with van der Waals surface area (Å²) in [6.45, 7) is 16.5. The highest BCUT2D eigenvalue weighted by Crippen LogP contribution is 2.61. The Morgan fingerprint density at radius 3 is 2.55 bits per heavy atom. The molecule has 0 amide bonds. The van der Waals surface area contributed by atoms with Crippen LogP contribution in [0.2, 0.25) is 0 Å². The average Bonchev–Trinajstić information content (AvgIpc) is 2.68. The minimum absolute atomic E-state index is 0.0398. The molecule has 2 fully saturated rings. The van der Waals surface area contributed by atoms with E-state index in [9.17, 15) is 14.7 Å². The minimum Gasteiger partial charge on any atom is -0.507 e. The standard InChI is InChI=1S/C27H38O4/c1-16(2)9-8-13-27(7)22-11-10-17(3)21(26(22,6)14-12-23(27)28)15-20-24(29)18(4)19(5)31-25(20)30/h9,21-22,29H,3,8,10-15H2,1-2,4-7H3/t21-,22-,26-,27+/m1/s1. The van der Waals surface area contributed by atoms with Gasteiger partial charge in [0.1, 0.15) is 17.3 Å². The van der Waals surface area contributed by atoms with Gasteiger partial charge in [-0.3, -0.25) is 4.79 Å². The molecule has 4 atom stereocenters. The Hall–Kier alpha value is -2.10. The van der Waals surface area contributed by atoms with Crippen LogP contribution in [-0.2, 0) is 11.2 Å². The van der Waals surface area contributed by atoms with E-state index in [1.807, 2.05) is 0 Å². The molecule has 4 heteroatoms. The first-order valence-electron chi connectivity index (χ1n) is 11.6. The van der Waals surface area contributed by atoms with Crippen LogP contribution in [-0.4, -0.2) is 10.9 Å². The van der Waals surface area contributed by atoms with E-state index >= 15 is 0 Å². The summed E-state index contributed by atoms with van der Waals surface area (Å²) >= 11 is 0. The molecule has 4 nitrogen and oxygen atoms in total. The third-order valence-electron chi connectivity index (χ3n) is 8.42. The molecule has 1 N–H and O–H groups in total. The number of rotatable bonds is 5. The third kappa shape index (κ3) is 4.06. The molecule has 2 saturated carbocycles. The van der Waals surface area contributed by atoms with Gasteiger partial charge in [0.2, 0.25) is 0 Å². The van der Waals surface area contributed by atoms with Gasteiger partial charge in [-0.15, -0.1) is 0 Å². The fourth-order valence-corrected chi connectivity index (χ4v) is 6.30. The maximum atomic E-state index is 13.2. The number of Topliss-reactive ketones (excluding diaryl/α,β-unsaturated/α-hetero) is 1. The lowest BCUT2D eigenvalue weighted by atomic mass is 9.45. The summed E-state index contributed by atoms with van der Waals surface area (Å²) < 4.78 is 5.39. The number of ketones is 1. The Kier molecular flexibility index (Phi) is 6.42. The molecular weight excluding hydrogens is 388 g/mol. The first-order chi connectivity index (χ1) is 14.4. The lowest BCUT2D eigenvalue weighted by Crippen LogP contribution is -2.54. The molecule has 2 aliphatic rings. The Labute approximate surface area is 186 Å². The van der Waals surface area contributed by atoms with Gasteiger partial charge in [-0.25, -0.2) is 4.79 Å². The number of hydrogen-bond donors (Lipinski definition) is 1. The average molecular weight is 427 g/mol. The molecule has 31 heavy (non-hydrogen) atoms. The first kappa shape index (κ1) is 23.6. The van der Waals surface area contributed by atoms with Crippen LogP contribution >= 0.6 is 0 Å². The second kappa shape index (κ2) is 8.44. The van der Waals surface area contributed by atoms with Crippen molar-refractivity contribution >= 4 is 5.78 Å². The lowest BCUT2D eigenvalue weighted by molar-refractivity contribution is -0.147. The Morgan fingerprint density at radius 2 is 1.90 bits per heavy atom. The molecule has 1 aromatic heterocycles. The number of carbonyl (C=O) groups excluding carboxylic acids is 1. The molecule has 1 aromatic rings. The number of aromatic hydroxyl groups is 1. The largest absolute Gasteiger partial charge is 0.507 e. The summed E-state index contributed by atoms with van der Waals surface area (Å²) in [6, 6.07) is 0. The Balaban J connectivity index is 1.99. The van der Waals surface area contributed by atoms with Crippen molar-refractivity contribution in [3.05, 3.63) is 51.1 Å². The zero-order chi connectivity index (χ0) is 23.1. The van der Waals surface area contributed by atoms with Crippen LogP contribution in [0.4, 0.5) is 0 Å². The predicted octanol–water partition coefficient (Wildman–Crippen LogP) is 6.21. The highest BCUT2D eigenvalue weighted by Gasteiger charge is 2.57. The zero-order valence-electron chi connectivity index (χ0n) is 20.1. The SMILES string of the molecule is C=C1CC[C@@H]2[C@](C)(CCC(=O)[C@@]2(C)CCC=C(C)C)[C@@H]1Cc1c(O)c(C)c(C)oc1=O. The molecule has 1 heterocycles. The van der Waals surface area contributed by atoms with E-state index in [4.69, 9.17) is 4.42 Å². The van der Waals surface area contributed by atoms with Gasteiger partial charge in [0.25, 0.3) is 0 Å². The molecule has 0 spiro atoms. The second-order valence-electron chi connectivity index (χ2n) is 10.6. The van der Waals surface area contributed by atoms with Crippen molar-refractivity contribution < 1.29 is 14.3 Å². The normalized spacial score (nSPS) is 30.8. The minimum atomic E-state index is -0.461. The first-order valence-corrected chi connectivity index (χ1v) is 11.6. The molecule has 0 aliphatic heterocycles. The van der Waals surface area contributed by atoms with Crippen LogP contribution in [0.15, 0.2) is 33.0 Å². The van der Waals surface area contributed by atoms with Gasteiger partial charge in [-0.1, -0.05) is 37.6 Å². The van der Waals surface area contributed by atoms with E-state index in [1.54, 1.807) is 13.8 Å². The van der Waals surface area contributed by atoms with Crippen LogP contribution in [0.3, 0.4) is 0 Å². The Morgan fingerprint density at radius 1 is 1.23 bits per heavy atom. The number of carbonyl (C=O) groups is 1. The fourth-order valence-electron chi connectivity index (χ4n) is 6.30. The third-order valence-corrected chi connectivity index (χ3v) is 8.42. The van der Waals surface area contributed by atoms with Crippen molar-refractivity contribution in [1.82, 2.24) is 0 Å². The van der Waals surface area contributed by atoms with E-state index in [-0.39, 0.29) is 28.4 Å². The molecule has 2 aliphatic carbocycles. The zero-order valence-corrected chi connectivity index (χ0v) is 20.1. The van der Waals surface area contributed by atoms with Crippen LogP contribution in [0.5, 0.6) is 5.75 Å². The Bertz CT molecular complexity index is 978. The van der Waals surface area contributed by atoms with Gasteiger partial charge in [0.05, 0.1) is 5.56 Å². The topological polar surface area (TPSA) is 67.5 Å². The van der Waals surface area contributed by atoms with Crippen LogP contribution in [0, 0.1) is 36.5 Å². The van der Waals surface area contributed by atoms with E-state index in [0.717, 1.165) is 37.7 Å². The molecule has 0 bridgehead atoms. The van der Waals surface area contributed by atoms with Crippen molar-refractivity contribution in [3.63, 3.8) is 0 Å². The van der Waals surface area contributed by atoms with Crippen molar-refractivity contribution in [3.8, 4) is 5.75 Å². The number of allylic oxidation sites excluding steroid dienone is 3. The maximum Gasteiger partial charge on any atom is 0.342 e. The number of hydrogen-bond acceptors (Lipinski definition) is 4. The number of aryl methyl sites for hydroxylation is 1. The van der Waals surface area contributed by atoms with E-state index in [1.165, 1.54) is 5.57 Å². The maximum absolute atomic E-state index is 13.2. The number of fused-ring (bicyclic) bond motifs is 1. The summed E-state index contributed by atoms with van der Waals surface area (Å²) in [5.74, 6) is 1.15. The van der Waals surface area contributed by atoms with Crippen LogP contribution in [0.1, 0.15) is 83.1 Å². The molecule has 0 saturated heterocycles. The van der Waals surface area contributed by atoms with Crippen LogP contribution < -0.4 is 5.63 Å². The van der Waals surface area contributed by atoms with E-state index in [2.05, 4.69) is 40.3 Å². The summed E-state index contributed by atoms with van der Waals surface area (Å²) in [6.07, 6.45) is 7.58.